The van der Waals surface area contributed by atoms with Crippen LogP contribution < -0.4 is 0 Å². The summed E-state index contributed by atoms with van der Waals surface area (Å²) >= 11 is 0. The second kappa shape index (κ2) is 6.31. The van der Waals surface area contributed by atoms with E-state index in [-0.39, 0.29) is 18.2 Å². The number of aliphatic carboxylic acids is 1. The first kappa shape index (κ1) is 16.2. The molecule has 0 bridgehead atoms. The van der Waals surface area contributed by atoms with E-state index >= 15 is 0 Å². The molecule has 0 radical (unpaired) electrons. The molecule has 0 aromatic carbocycles. The summed E-state index contributed by atoms with van der Waals surface area (Å²) in [6.07, 6.45) is 4.00. The van der Waals surface area contributed by atoms with Crippen LogP contribution in [0.2, 0.25) is 0 Å². The Balaban J connectivity index is 2.03. The van der Waals surface area contributed by atoms with Gasteiger partial charge in [0, 0.05) is 26.1 Å². The number of rotatable bonds is 4. The van der Waals surface area contributed by atoms with Gasteiger partial charge < -0.3 is 10.0 Å². The summed E-state index contributed by atoms with van der Waals surface area (Å²) < 4.78 is 24.7. The normalized spacial score (nSPS) is 27.8. The zero-order chi connectivity index (χ0) is 15.6. The molecule has 8 heteroatoms. The third-order valence-corrected chi connectivity index (χ3v) is 5.50. The number of amides is 1. The molecule has 0 saturated carbocycles. The summed E-state index contributed by atoms with van der Waals surface area (Å²) in [6, 6.07) is -0.608. The van der Waals surface area contributed by atoms with E-state index in [1.54, 1.807) is 4.90 Å². The van der Waals surface area contributed by atoms with Gasteiger partial charge in [-0.1, -0.05) is 0 Å². The van der Waals surface area contributed by atoms with Gasteiger partial charge >= 0.3 is 5.97 Å². The minimum absolute atomic E-state index is 0.0340. The predicted octanol–water partition coefficient (Wildman–Crippen LogP) is 0.124. The Morgan fingerprint density at radius 1 is 1.19 bits per heavy atom. The number of piperidine rings is 1. The van der Waals surface area contributed by atoms with Crippen LogP contribution in [-0.4, -0.2) is 66.5 Å². The zero-order valence-electron chi connectivity index (χ0n) is 12.2. The Kier molecular flexibility index (Phi) is 4.88. The molecule has 2 rings (SSSR count). The van der Waals surface area contributed by atoms with E-state index in [0.717, 1.165) is 19.1 Å². The highest BCUT2D eigenvalue weighted by Crippen LogP contribution is 2.26. The highest BCUT2D eigenvalue weighted by Gasteiger charge is 2.39. The SMILES string of the molecule is CS(=O)(=O)N1CCCC1C(=O)N1CCCC(CC(=O)O)C1. The van der Waals surface area contributed by atoms with Gasteiger partial charge in [-0.25, -0.2) is 8.42 Å². The van der Waals surface area contributed by atoms with Crippen LogP contribution in [0.1, 0.15) is 32.1 Å². The van der Waals surface area contributed by atoms with Gasteiger partial charge in [0.15, 0.2) is 0 Å². The Morgan fingerprint density at radius 2 is 1.86 bits per heavy atom. The molecule has 0 spiro atoms. The van der Waals surface area contributed by atoms with Crippen molar-refractivity contribution < 1.29 is 23.1 Å². The molecule has 120 valence electrons. The first-order chi connectivity index (χ1) is 9.79. The first-order valence-corrected chi connectivity index (χ1v) is 9.11. The van der Waals surface area contributed by atoms with Crippen molar-refractivity contribution in [2.45, 2.75) is 38.1 Å². The van der Waals surface area contributed by atoms with Crippen molar-refractivity contribution in [3.05, 3.63) is 0 Å². The van der Waals surface area contributed by atoms with Crippen LogP contribution in [0, 0.1) is 5.92 Å². The molecule has 2 heterocycles. The fraction of sp³-hybridized carbons (Fsp3) is 0.846. The van der Waals surface area contributed by atoms with Crippen molar-refractivity contribution in [3.63, 3.8) is 0 Å². The second-order valence-electron chi connectivity index (χ2n) is 5.92. The summed E-state index contributed by atoms with van der Waals surface area (Å²) in [5.74, 6) is -1.06. The van der Waals surface area contributed by atoms with Crippen LogP contribution in [0.25, 0.3) is 0 Å². The van der Waals surface area contributed by atoms with Crippen molar-refractivity contribution in [1.82, 2.24) is 9.21 Å². The summed E-state index contributed by atoms with van der Waals surface area (Å²) in [5, 5.41) is 8.86. The topological polar surface area (TPSA) is 95.0 Å². The number of likely N-dealkylation sites (tertiary alicyclic amines) is 1. The number of carbonyl (C=O) groups excluding carboxylic acids is 1. The third-order valence-electron chi connectivity index (χ3n) is 4.21. The van der Waals surface area contributed by atoms with Gasteiger partial charge in [-0.3, -0.25) is 9.59 Å². The molecule has 2 aliphatic rings. The van der Waals surface area contributed by atoms with Gasteiger partial charge in [0.25, 0.3) is 0 Å². The van der Waals surface area contributed by atoms with E-state index in [0.29, 0.717) is 32.5 Å². The van der Waals surface area contributed by atoms with Crippen molar-refractivity contribution in [2.75, 3.05) is 25.9 Å². The van der Waals surface area contributed by atoms with E-state index < -0.39 is 22.0 Å². The summed E-state index contributed by atoms with van der Waals surface area (Å²) in [4.78, 5) is 25.0. The monoisotopic (exact) mass is 318 g/mol. The molecule has 1 N–H and O–H groups in total. The molecular formula is C13H22N2O5S. The fourth-order valence-electron chi connectivity index (χ4n) is 3.27. The lowest BCUT2D eigenvalue weighted by Crippen LogP contribution is -2.50. The van der Waals surface area contributed by atoms with Gasteiger partial charge in [0.2, 0.25) is 15.9 Å². The van der Waals surface area contributed by atoms with Crippen molar-refractivity contribution in [2.24, 2.45) is 5.92 Å². The van der Waals surface area contributed by atoms with E-state index in [4.69, 9.17) is 5.11 Å². The lowest BCUT2D eigenvalue weighted by atomic mass is 9.94. The molecule has 1 amide bonds. The Morgan fingerprint density at radius 3 is 2.48 bits per heavy atom. The van der Waals surface area contributed by atoms with Crippen LogP contribution in [-0.2, 0) is 19.6 Å². The number of hydrogen-bond donors (Lipinski definition) is 1. The highest BCUT2D eigenvalue weighted by molar-refractivity contribution is 7.88. The number of carbonyl (C=O) groups is 2. The van der Waals surface area contributed by atoms with Gasteiger partial charge in [-0.15, -0.1) is 0 Å². The van der Waals surface area contributed by atoms with Crippen molar-refractivity contribution in [3.8, 4) is 0 Å². The molecule has 2 fully saturated rings. The van der Waals surface area contributed by atoms with Crippen LogP contribution in [0.5, 0.6) is 0 Å². The van der Waals surface area contributed by atoms with Gasteiger partial charge in [0.05, 0.1) is 6.26 Å². The molecule has 0 aliphatic carbocycles. The molecule has 0 aromatic rings. The van der Waals surface area contributed by atoms with Crippen LogP contribution in [0.4, 0.5) is 0 Å². The average Bonchev–Trinajstić information content (AvgIpc) is 2.86. The largest absolute Gasteiger partial charge is 0.481 e. The Bertz CT molecular complexity index is 519. The fourth-order valence-corrected chi connectivity index (χ4v) is 4.39. The summed E-state index contributed by atoms with van der Waals surface area (Å²) in [7, 11) is -3.38. The van der Waals surface area contributed by atoms with E-state index in [9.17, 15) is 18.0 Å². The maximum Gasteiger partial charge on any atom is 0.303 e. The molecule has 2 aliphatic heterocycles. The van der Waals surface area contributed by atoms with E-state index in [1.807, 2.05) is 0 Å². The molecule has 2 atom stereocenters. The zero-order valence-corrected chi connectivity index (χ0v) is 13.0. The van der Waals surface area contributed by atoms with Gasteiger partial charge in [-0.2, -0.15) is 4.31 Å². The lowest BCUT2D eigenvalue weighted by molar-refractivity contribution is -0.141. The molecular weight excluding hydrogens is 296 g/mol. The minimum Gasteiger partial charge on any atom is -0.481 e. The first-order valence-electron chi connectivity index (χ1n) is 7.26. The second-order valence-corrected chi connectivity index (χ2v) is 7.86. The van der Waals surface area contributed by atoms with Gasteiger partial charge in [-0.05, 0) is 31.6 Å². The van der Waals surface area contributed by atoms with Crippen molar-refractivity contribution >= 4 is 21.9 Å². The van der Waals surface area contributed by atoms with Gasteiger partial charge in [0.1, 0.15) is 6.04 Å². The summed E-state index contributed by atoms with van der Waals surface area (Å²) in [5.41, 5.74) is 0. The van der Waals surface area contributed by atoms with Crippen LogP contribution >= 0.6 is 0 Å². The maximum absolute atomic E-state index is 12.6. The van der Waals surface area contributed by atoms with E-state index in [2.05, 4.69) is 0 Å². The third kappa shape index (κ3) is 3.94. The Hall–Kier alpha value is -1.15. The standard InChI is InChI=1S/C13H22N2O5S/c1-21(19,20)15-7-3-5-11(15)13(18)14-6-2-4-10(9-14)8-12(16)17/h10-11H,2-9H2,1H3,(H,16,17). The number of sulfonamides is 1. The highest BCUT2D eigenvalue weighted by atomic mass is 32.2. The lowest BCUT2D eigenvalue weighted by Gasteiger charge is -2.35. The van der Waals surface area contributed by atoms with Crippen molar-refractivity contribution in [1.29, 1.82) is 0 Å². The predicted molar refractivity (Wildman–Crippen MR) is 76.1 cm³/mol. The summed E-state index contributed by atoms with van der Waals surface area (Å²) in [6.45, 7) is 1.39. The van der Waals surface area contributed by atoms with E-state index in [1.165, 1.54) is 4.31 Å². The maximum atomic E-state index is 12.6. The molecule has 21 heavy (non-hydrogen) atoms. The molecule has 2 unspecified atom stereocenters. The molecule has 7 nitrogen and oxygen atoms in total. The number of carboxylic acid groups (broad SMARTS) is 1. The molecule has 2 saturated heterocycles. The quantitative estimate of drug-likeness (QED) is 0.794. The average molecular weight is 318 g/mol. The minimum atomic E-state index is -3.38. The number of hydrogen-bond acceptors (Lipinski definition) is 4. The smallest absolute Gasteiger partial charge is 0.303 e. The number of nitrogens with zero attached hydrogens (tertiary/aromatic N) is 2. The molecule has 0 aromatic heterocycles. The van der Waals surface area contributed by atoms with Crippen LogP contribution in [0.3, 0.4) is 0 Å². The number of carboxylic acids is 1. The Labute approximate surface area is 125 Å². The van der Waals surface area contributed by atoms with Crippen LogP contribution in [0.15, 0.2) is 0 Å².